The van der Waals surface area contributed by atoms with E-state index in [1.54, 1.807) is 12.1 Å². The Morgan fingerprint density at radius 1 is 0.692 bits per heavy atom. The molecule has 0 saturated heterocycles. The Labute approximate surface area is 313 Å². The largest absolute Gasteiger partial charge is 0.480 e. The highest BCUT2D eigenvalue weighted by atomic mass is 16.4. The third-order valence-electron chi connectivity index (χ3n) is 7.67. The number of carboxylic acid groups (broad SMARTS) is 1. The van der Waals surface area contributed by atoms with Gasteiger partial charge in [-0.2, -0.15) is 0 Å². The van der Waals surface area contributed by atoms with Gasteiger partial charge >= 0.3 is 5.97 Å². The second kappa shape index (κ2) is 31.9. The second-order valence-electron chi connectivity index (χ2n) is 13.3. The average molecular weight is 734 g/mol. The lowest BCUT2D eigenvalue weighted by atomic mass is 10.0. The molecular formula is C40H71N5O7. The van der Waals surface area contributed by atoms with Crippen molar-refractivity contribution in [1.82, 2.24) is 26.6 Å². The zero-order valence-electron chi connectivity index (χ0n) is 33.6. The Hall–Kier alpha value is -3.80. The summed E-state index contributed by atoms with van der Waals surface area (Å²) in [6.45, 7) is 18.7. The number of carbonyl (C=O) groups excluding carboxylic acids is 5. The molecule has 1 rings (SSSR count). The van der Waals surface area contributed by atoms with Crippen LogP contribution in [-0.2, 0) is 30.5 Å². The first kappa shape index (κ1) is 50.3. The molecule has 0 spiro atoms. The van der Waals surface area contributed by atoms with E-state index >= 15 is 0 Å². The molecule has 0 radical (unpaired) electrons. The summed E-state index contributed by atoms with van der Waals surface area (Å²) in [6.07, 6.45) is 7.41. The number of aliphatic carboxylic acids is 1. The van der Waals surface area contributed by atoms with Crippen molar-refractivity contribution in [3.63, 3.8) is 0 Å². The average Bonchev–Trinajstić information content (AvgIpc) is 3.11. The van der Waals surface area contributed by atoms with Crippen LogP contribution in [0, 0.1) is 5.92 Å². The maximum Gasteiger partial charge on any atom is 0.326 e. The molecule has 0 heterocycles. The van der Waals surface area contributed by atoms with Gasteiger partial charge < -0.3 is 31.7 Å². The van der Waals surface area contributed by atoms with Crippen molar-refractivity contribution in [2.24, 2.45) is 5.92 Å². The molecule has 298 valence electrons. The van der Waals surface area contributed by atoms with E-state index in [9.17, 15) is 33.9 Å². The molecule has 4 amide bonds. The Morgan fingerprint density at radius 3 is 1.83 bits per heavy atom. The monoisotopic (exact) mass is 734 g/mol. The van der Waals surface area contributed by atoms with Crippen molar-refractivity contribution in [2.75, 3.05) is 13.1 Å². The van der Waals surface area contributed by atoms with E-state index in [0.717, 1.165) is 18.4 Å². The van der Waals surface area contributed by atoms with Gasteiger partial charge in [0.1, 0.15) is 17.9 Å². The van der Waals surface area contributed by atoms with E-state index in [-0.39, 0.29) is 24.0 Å². The van der Waals surface area contributed by atoms with Gasteiger partial charge in [0.25, 0.3) is 5.91 Å². The van der Waals surface area contributed by atoms with E-state index < -0.39 is 42.3 Å². The van der Waals surface area contributed by atoms with Crippen LogP contribution in [0.15, 0.2) is 24.3 Å². The fourth-order valence-corrected chi connectivity index (χ4v) is 4.66. The molecule has 0 bridgehead atoms. The van der Waals surface area contributed by atoms with Crippen molar-refractivity contribution in [3.8, 4) is 0 Å². The lowest BCUT2D eigenvalue weighted by Crippen LogP contribution is -2.50. The van der Waals surface area contributed by atoms with Crippen LogP contribution in [0.5, 0.6) is 0 Å². The molecule has 0 aliphatic heterocycles. The highest BCUT2D eigenvalue weighted by Crippen LogP contribution is 2.09. The molecule has 1 aromatic carbocycles. The molecule has 0 aromatic heterocycles. The molecule has 0 fully saturated rings. The van der Waals surface area contributed by atoms with Gasteiger partial charge in [0, 0.05) is 43.5 Å². The first-order valence-corrected chi connectivity index (χ1v) is 19.5. The number of rotatable bonds is 25. The molecule has 52 heavy (non-hydrogen) atoms. The van der Waals surface area contributed by atoms with Crippen LogP contribution in [0.3, 0.4) is 0 Å². The minimum absolute atomic E-state index is 0.000882. The van der Waals surface area contributed by atoms with E-state index in [0.29, 0.717) is 76.1 Å². The highest BCUT2D eigenvalue weighted by Gasteiger charge is 2.24. The number of ketones is 1. The lowest BCUT2D eigenvalue weighted by molar-refractivity contribution is -0.142. The fraction of sp³-hybridized carbons (Fsp3) is 0.700. The van der Waals surface area contributed by atoms with Crippen molar-refractivity contribution in [2.45, 2.75) is 164 Å². The van der Waals surface area contributed by atoms with Crippen molar-refractivity contribution in [1.29, 1.82) is 0 Å². The number of Topliss-reactive ketones (excluding diaryl/α,β-unsaturated/α-hetero) is 1. The third kappa shape index (κ3) is 26.0. The Bertz CT molecular complexity index is 1160. The molecular weight excluding hydrogens is 662 g/mol. The van der Waals surface area contributed by atoms with Crippen LogP contribution in [0.4, 0.5) is 0 Å². The molecule has 0 saturated carbocycles. The van der Waals surface area contributed by atoms with E-state index in [4.69, 9.17) is 0 Å². The number of carboxylic acids is 1. The summed E-state index contributed by atoms with van der Waals surface area (Å²) in [5, 5.41) is 23.4. The van der Waals surface area contributed by atoms with Crippen molar-refractivity contribution in [3.05, 3.63) is 35.4 Å². The topological polar surface area (TPSA) is 183 Å². The smallest absolute Gasteiger partial charge is 0.326 e. The number of nitrogens with one attached hydrogen (secondary N) is 5. The summed E-state index contributed by atoms with van der Waals surface area (Å²) < 4.78 is 0. The zero-order valence-corrected chi connectivity index (χ0v) is 33.6. The van der Waals surface area contributed by atoms with E-state index in [1.807, 2.05) is 46.8 Å². The summed E-state index contributed by atoms with van der Waals surface area (Å²) in [5.41, 5.74) is 1.45. The van der Waals surface area contributed by atoms with Gasteiger partial charge in [0.2, 0.25) is 17.7 Å². The SMILES string of the molecule is CC.CCC.CCCCCC(NC(=O)c1ccc(CNC(C)C)cc1)C(=O)NCC(=O)NC(CCCCNC(=O)CCCCC(=O)C(C)C)C(=O)O. The van der Waals surface area contributed by atoms with E-state index in [2.05, 4.69) is 54.3 Å². The highest BCUT2D eigenvalue weighted by molar-refractivity contribution is 5.98. The predicted octanol–water partition coefficient (Wildman–Crippen LogP) is 6.06. The number of hydrogen-bond donors (Lipinski definition) is 6. The molecule has 0 aliphatic rings. The number of amides is 4. The van der Waals surface area contributed by atoms with Crippen molar-refractivity contribution < 1.29 is 33.9 Å². The van der Waals surface area contributed by atoms with Gasteiger partial charge in [-0.15, -0.1) is 0 Å². The Kier molecular flexibility index (Phi) is 30.9. The van der Waals surface area contributed by atoms with Crippen LogP contribution in [-0.4, -0.2) is 71.7 Å². The minimum Gasteiger partial charge on any atom is -0.480 e. The van der Waals surface area contributed by atoms with Crippen LogP contribution in [0.1, 0.15) is 155 Å². The first-order chi connectivity index (χ1) is 24.7. The first-order valence-electron chi connectivity index (χ1n) is 19.5. The van der Waals surface area contributed by atoms with Gasteiger partial charge in [0.15, 0.2) is 0 Å². The van der Waals surface area contributed by atoms with Crippen LogP contribution in [0.2, 0.25) is 0 Å². The number of carbonyl (C=O) groups is 6. The summed E-state index contributed by atoms with van der Waals surface area (Å²) in [5.74, 6) is -2.68. The quantitative estimate of drug-likeness (QED) is 0.0656. The minimum atomic E-state index is -1.19. The maximum atomic E-state index is 13.0. The second-order valence-corrected chi connectivity index (χ2v) is 13.3. The number of hydrogen-bond acceptors (Lipinski definition) is 7. The van der Waals surface area contributed by atoms with Gasteiger partial charge in [-0.05, 0) is 56.2 Å². The normalized spacial score (nSPS) is 11.6. The Morgan fingerprint density at radius 2 is 1.27 bits per heavy atom. The summed E-state index contributed by atoms with van der Waals surface area (Å²) in [6, 6.07) is 5.47. The molecule has 12 heteroatoms. The van der Waals surface area contributed by atoms with Gasteiger partial charge in [-0.1, -0.05) is 100 Å². The molecule has 1 aromatic rings. The zero-order chi connectivity index (χ0) is 39.9. The molecule has 6 N–H and O–H groups in total. The van der Waals surface area contributed by atoms with Crippen LogP contribution >= 0.6 is 0 Å². The fourth-order valence-electron chi connectivity index (χ4n) is 4.66. The molecule has 0 aliphatic carbocycles. The standard InChI is InChI=1S/C35H57N5O7.C3H8.C2H6/c1-6-7-8-13-28(40-33(44)27-19-17-26(18-20-27)22-37-25(4)5)34(45)38-23-32(43)39-29(35(46)47)14-11-12-21-36-31(42)16-10-9-15-30(41)24(2)3;1-3-2;1-2/h17-20,24-25,28-29,37H,6-16,21-23H2,1-5H3,(H,36,42)(H,38,45)(H,39,43)(H,40,44)(H,46,47);3H2,1-2H3;1-2H3. The number of unbranched alkanes of at least 4 members (excludes halogenated alkanes) is 4. The molecule has 2 unspecified atom stereocenters. The molecule has 12 nitrogen and oxygen atoms in total. The van der Waals surface area contributed by atoms with Gasteiger partial charge in [-0.3, -0.25) is 24.0 Å². The lowest BCUT2D eigenvalue weighted by Gasteiger charge is -2.19. The Balaban J connectivity index is 0. The third-order valence-corrected chi connectivity index (χ3v) is 7.67. The predicted molar refractivity (Wildman–Crippen MR) is 209 cm³/mol. The number of benzene rings is 1. The maximum absolute atomic E-state index is 13.0. The van der Waals surface area contributed by atoms with Crippen LogP contribution in [0.25, 0.3) is 0 Å². The summed E-state index contributed by atoms with van der Waals surface area (Å²) >= 11 is 0. The van der Waals surface area contributed by atoms with E-state index in [1.165, 1.54) is 6.42 Å². The van der Waals surface area contributed by atoms with Gasteiger partial charge in [-0.25, -0.2) is 4.79 Å². The van der Waals surface area contributed by atoms with Crippen LogP contribution < -0.4 is 26.6 Å². The summed E-state index contributed by atoms with van der Waals surface area (Å²) in [7, 11) is 0. The van der Waals surface area contributed by atoms with Gasteiger partial charge in [0.05, 0.1) is 6.54 Å². The summed E-state index contributed by atoms with van der Waals surface area (Å²) in [4.78, 5) is 73.8. The van der Waals surface area contributed by atoms with Crippen molar-refractivity contribution >= 4 is 35.4 Å². The molecule has 2 atom stereocenters.